The number of hydrogen-bond acceptors (Lipinski definition) is 8. The average molecular weight is 799 g/mol. The van der Waals surface area contributed by atoms with E-state index in [2.05, 4.69) is 13.8 Å². The number of aliphatic carboxylic acids is 2. The summed E-state index contributed by atoms with van der Waals surface area (Å²) in [4.78, 5) is 42.5. The predicted molar refractivity (Wildman–Crippen MR) is 209 cm³/mol. The van der Waals surface area contributed by atoms with Crippen LogP contribution in [-0.2, 0) is 45.7 Å². The SMILES string of the molecule is CCCCCCCCCCCCCCCCCCOC(=O)/C=C\C(=O)[O-].CCCCCCCCCCCCCCCCCCOC(=O)/C=C\C(=O)[O-].[Cu+2]. The van der Waals surface area contributed by atoms with Crippen LogP contribution in [0.2, 0.25) is 0 Å². The number of carboxylic acid groups (broad SMARTS) is 2. The van der Waals surface area contributed by atoms with E-state index in [1.54, 1.807) is 0 Å². The standard InChI is InChI=1S/2C22H40O4.Cu/c2*1-2-3-4-5-6-7-8-9-10-11-12-13-14-15-16-17-20-26-22(25)19-18-21(23)24;/h2*18-19H,2-17,20H2,1H3,(H,23,24);/q;;+2/p-2/b2*19-18-;. The van der Waals surface area contributed by atoms with Crippen LogP contribution in [0.5, 0.6) is 0 Å². The molecule has 313 valence electrons. The topological polar surface area (TPSA) is 133 Å². The van der Waals surface area contributed by atoms with E-state index in [4.69, 9.17) is 9.47 Å². The van der Waals surface area contributed by atoms with Crippen LogP contribution < -0.4 is 10.2 Å². The van der Waals surface area contributed by atoms with Crippen LogP contribution >= 0.6 is 0 Å². The van der Waals surface area contributed by atoms with E-state index >= 15 is 0 Å². The zero-order valence-corrected chi connectivity index (χ0v) is 34.9. The van der Waals surface area contributed by atoms with Crippen LogP contribution in [0.15, 0.2) is 24.3 Å². The fourth-order valence-corrected chi connectivity index (χ4v) is 6.01. The molecule has 0 aliphatic carbocycles. The molecule has 0 saturated heterocycles. The van der Waals surface area contributed by atoms with Crippen molar-refractivity contribution >= 4 is 23.9 Å². The molecule has 1 radical (unpaired) electrons. The molecule has 0 unspecified atom stereocenters. The van der Waals surface area contributed by atoms with Gasteiger partial charge in [-0.2, -0.15) is 0 Å². The number of hydrogen-bond donors (Lipinski definition) is 0. The molecular formula is C44H78CuO8. The molecule has 0 saturated carbocycles. The Morgan fingerprint density at radius 3 is 0.717 bits per heavy atom. The van der Waals surface area contributed by atoms with Crippen molar-refractivity contribution in [1.29, 1.82) is 0 Å². The molecule has 9 heteroatoms. The molecule has 0 aromatic heterocycles. The largest absolute Gasteiger partial charge is 2.00 e. The third-order valence-corrected chi connectivity index (χ3v) is 9.20. The molecule has 0 amide bonds. The Labute approximate surface area is 335 Å². The third kappa shape index (κ3) is 54.3. The number of rotatable bonds is 38. The zero-order valence-electron chi connectivity index (χ0n) is 33.9. The molecular weight excluding hydrogens is 720 g/mol. The van der Waals surface area contributed by atoms with E-state index in [0.717, 1.165) is 37.8 Å². The minimum Gasteiger partial charge on any atom is -0.545 e. The first-order valence-corrected chi connectivity index (χ1v) is 21.4. The van der Waals surface area contributed by atoms with Crippen molar-refractivity contribution in [2.24, 2.45) is 0 Å². The minimum absolute atomic E-state index is 0. The van der Waals surface area contributed by atoms with Gasteiger partial charge >= 0.3 is 29.0 Å². The van der Waals surface area contributed by atoms with Gasteiger partial charge in [0.2, 0.25) is 0 Å². The normalized spacial score (nSPS) is 10.9. The Morgan fingerprint density at radius 2 is 0.528 bits per heavy atom. The van der Waals surface area contributed by atoms with Crippen molar-refractivity contribution in [2.75, 3.05) is 13.2 Å². The van der Waals surface area contributed by atoms with Gasteiger partial charge in [0.25, 0.3) is 0 Å². The maximum atomic E-state index is 11.1. The summed E-state index contributed by atoms with van der Waals surface area (Å²) in [5.74, 6) is -4.00. The van der Waals surface area contributed by atoms with Gasteiger partial charge in [0.05, 0.1) is 25.2 Å². The minimum atomic E-state index is -1.38. The van der Waals surface area contributed by atoms with Gasteiger partial charge in [-0.25, -0.2) is 9.59 Å². The van der Waals surface area contributed by atoms with Crippen molar-refractivity contribution < 1.29 is 55.9 Å². The van der Waals surface area contributed by atoms with Gasteiger partial charge in [-0.05, 0) is 25.0 Å². The summed E-state index contributed by atoms with van der Waals surface area (Å²) in [6.07, 6.45) is 44.9. The number of unbranched alkanes of at least 4 members (excludes halogenated alkanes) is 30. The van der Waals surface area contributed by atoms with E-state index in [1.807, 2.05) is 0 Å². The fourth-order valence-electron chi connectivity index (χ4n) is 6.01. The van der Waals surface area contributed by atoms with E-state index in [-0.39, 0.29) is 17.1 Å². The van der Waals surface area contributed by atoms with E-state index in [0.29, 0.717) is 25.4 Å². The summed E-state index contributed by atoms with van der Waals surface area (Å²) in [5.41, 5.74) is 0. The molecule has 0 spiro atoms. The Hall–Kier alpha value is -2.12. The average Bonchev–Trinajstić information content (AvgIpc) is 3.12. The van der Waals surface area contributed by atoms with Crippen LogP contribution in [0.4, 0.5) is 0 Å². The zero-order chi connectivity index (χ0) is 38.6. The number of carboxylic acids is 2. The molecule has 0 aromatic rings. The number of esters is 2. The Morgan fingerprint density at radius 1 is 0.340 bits per heavy atom. The number of carbonyl (C=O) groups excluding carboxylic acids is 4. The second-order valence-electron chi connectivity index (χ2n) is 14.2. The van der Waals surface area contributed by atoms with Gasteiger partial charge < -0.3 is 29.3 Å². The Bertz CT molecular complexity index is 803. The molecule has 8 nitrogen and oxygen atoms in total. The van der Waals surface area contributed by atoms with Gasteiger partial charge in [-0.3, -0.25) is 0 Å². The van der Waals surface area contributed by atoms with E-state index in [1.165, 1.54) is 180 Å². The van der Waals surface area contributed by atoms with E-state index < -0.39 is 23.9 Å². The summed E-state index contributed by atoms with van der Waals surface area (Å²) in [6.45, 7) is 5.24. The van der Waals surface area contributed by atoms with Crippen LogP contribution in [0, 0.1) is 0 Å². The molecule has 0 aliphatic rings. The molecule has 0 fully saturated rings. The first kappa shape index (κ1) is 55.2. The first-order chi connectivity index (χ1) is 25.3. The summed E-state index contributed by atoms with van der Waals surface area (Å²) >= 11 is 0. The molecule has 0 aromatic carbocycles. The molecule has 0 aliphatic heterocycles. The second kappa shape index (κ2) is 47.9. The van der Waals surface area contributed by atoms with Gasteiger partial charge in [-0.1, -0.05) is 206 Å². The van der Waals surface area contributed by atoms with Gasteiger partial charge in [0.15, 0.2) is 0 Å². The Balaban J connectivity index is -0.000000926. The first-order valence-electron chi connectivity index (χ1n) is 21.4. The molecule has 53 heavy (non-hydrogen) atoms. The van der Waals surface area contributed by atoms with Crippen LogP contribution in [0.1, 0.15) is 219 Å². The van der Waals surface area contributed by atoms with Crippen molar-refractivity contribution in [2.45, 2.75) is 219 Å². The van der Waals surface area contributed by atoms with Crippen molar-refractivity contribution in [1.82, 2.24) is 0 Å². The van der Waals surface area contributed by atoms with Crippen molar-refractivity contribution in [3.63, 3.8) is 0 Å². The van der Waals surface area contributed by atoms with Gasteiger partial charge in [-0.15, -0.1) is 0 Å². The van der Waals surface area contributed by atoms with E-state index in [9.17, 15) is 29.4 Å². The number of ether oxygens (including phenoxy) is 2. The molecule has 0 N–H and O–H groups in total. The summed E-state index contributed by atoms with van der Waals surface area (Å²) in [7, 11) is 0. The summed E-state index contributed by atoms with van der Waals surface area (Å²) < 4.78 is 9.79. The second-order valence-corrected chi connectivity index (χ2v) is 14.2. The molecule has 0 bridgehead atoms. The molecule has 0 rings (SSSR count). The van der Waals surface area contributed by atoms with Crippen molar-refractivity contribution in [3.8, 4) is 0 Å². The van der Waals surface area contributed by atoms with Crippen LogP contribution in [0.25, 0.3) is 0 Å². The quantitative estimate of drug-likeness (QED) is 0.0261. The summed E-state index contributed by atoms with van der Waals surface area (Å²) in [6, 6.07) is 0. The maximum absolute atomic E-state index is 11.1. The monoisotopic (exact) mass is 797 g/mol. The molecule has 0 atom stereocenters. The fraction of sp³-hybridized carbons (Fsp3) is 0.818. The van der Waals surface area contributed by atoms with Gasteiger partial charge in [0.1, 0.15) is 0 Å². The number of carbonyl (C=O) groups is 4. The maximum Gasteiger partial charge on any atom is 2.00 e. The van der Waals surface area contributed by atoms with Crippen molar-refractivity contribution in [3.05, 3.63) is 24.3 Å². The Kier molecular flexibility index (Phi) is 49.9. The van der Waals surface area contributed by atoms with Gasteiger partial charge in [0, 0.05) is 12.2 Å². The molecule has 0 heterocycles. The van der Waals surface area contributed by atoms with Crippen LogP contribution in [0.3, 0.4) is 0 Å². The smallest absolute Gasteiger partial charge is 0.545 e. The summed E-state index contributed by atoms with van der Waals surface area (Å²) in [5, 5.41) is 20.3. The van der Waals surface area contributed by atoms with Crippen LogP contribution in [-0.4, -0.2) is 37.1 Å². The predicted octanol–water partition coefficient (Wildman–Crippen LogP) is 10.2. The third-order valence-electron chi connectivity index (χ3n) is 9.20.